The summed E-state index contributed by atoms with van der Waals surface area (Å²) < 4.78 is 0. The first kappa shape index (κ1) is 14.7. The van der Waals surface area contributed by atoms with E-state index in [1.165, 1.54) is 0 Å². The van der Waals surface area contributed by atoms with Crippen LogP contribution in [0.3, 0.4) is 0 Å². The number of thioether (sulfide) groups is 1. The van der Waals surface area contributed by atoms with Crippen LogP contribution in [0.4, 0.5) is 11.6 Å². The molecular formula is C14H20N4OS. The number of aromatic amines is 1. The van der Waals surface area contributed by atoms with Gasteiger partial charge in [0.1, 0.15) is 0 Å². The molecule has 5 nitrogen and oxygen atoms in total. The van der Waals surface area contributed by atoms with Crippen LogP contribution in [-0.4, -0.2) is 27.5 Å². The molecule has 1 atom stereocenters. The molecule has 0 spiro atoms. The first-order valence-corrected chi connectivity index (χ1v) is 7.89. The summed E-state index contributed by atoms with van der Waals surface area (Å²) in [6.45, 7) is 4.24. The number of hydrogen-bond acceptors (Lipinski definition) is 5. The third kappa shape index (κ3) is 3.66. The summed E-state index contributed by atoms with van der Waals surface area (Å²) in [7, 11) is 0. The zero-order valence-electron chi connectivity index (χ0n) is 11.8. The normalized spacial score (nSPS) is 12.5. The quantitative estimate of drug-likeness (QED) is 0.562. The smallest absolute Gasteiger partial charge is 0.260 e. The van der Waals surface area contributed by atoms with Gasteiger partial charge in [-0.2, -0.15) is 11.8 Å². The minimum Gasteiger partial charge on any atom is -0.399 e. The first-order chi connectivity index (χ1) is 9.60. The van der Waals surface area contributed by atoms with Gasteiger partial charge in [0, 0.05) is 11.7 Å². The van der Waals surface area contributed by atoms with Crippen LogP contribution >= 0.6 is 11.8 Å². The van der Waals surface area contributed by atoms with Crippen molar-refractivity contribution in [2.24, 2.45) is 0 Å². The van der Waals surface area contributed by atoms with Gasteiger partial charge in [0.2, 0.25) is 5.95 Å². The molecule has 0 saturated heterocycles. The molecule has 2 aromatic rings. The number of anilines is 2. The van der Waals surface area contributed by atoms with Crippen LogP contribution in [0.15, 0.2) is 23.0 Å². The number of hydrogen-bond donors (Lipinski definition) is 3. The van der Waals surface area contributed by atoms with Gasteiger partial charge in [-0.05, 0) is 43.0 Å². The molecule has 1 aromatic carbocycles. The van der Waals surface area contributed by atoms with E-state index in [2.05, 4.69) is 29.1 Å². The predicted molar refractivity (Wildman–Crippen MR) is 87.5 cm³/mol. The Kier molecular flexibility index (Phi) is 4.89. The van der Waals surface area contributed by atoms with E-state index in [1.807, 2.05) is 11.8 Å². The standard InChI is InChI=1S/C14H20N4OS/c1-3-20-7-6-9(2)16-14-17-12-5-4-10(15)8-11(12)13(19)18-14/h4-5,8-9H,3,6-7,15H2,1-2H3,(H2,16,17,18,19). The van der Waals surface area contributed by atoms with Gasteiger partial charge in [0.25, 0.3) is 5.56 Å². The summed E-state index contributed by atoms with van der Waals surface area (Å²) in [5, 5.41) is 3.76. The number of nitrogen functional groups attached to an aromatic ring is 1. The Morgan fingerprint density at radius 2 is 2.30 bits per heavy atom. The fraction of sp³-hybridized carbons (Fsp3) is 0.429. The lowest BCUT2D eigenvalue weighted by Gasteiger charge is -2.14. The van der Waals surface area contributed by atoms with Crippen LogP contribution in [0.1, 0.15) is 20.3 Å². The number of aromatic nitrogens is 2. The van der Waals surface area contributed by atoms with Crippen LogP contribution < -0.4 is 16.6 Å². The molecule has 0 amide bonds. The highest BCUT2D eigenvalue weighted by atomic mass is 32.2. The number of rotatable bonds is 6. The molecule has 0 aliphatic rings. The fourth-order valence-electron chi connectivity index (χ4n) is 1.93. The minimum absolute atomic E-state index is 0.167. The summed E-state index contributed by atoms with van der Waals surface area (Å²) >= 11 is 1.91. The van der Waals surface area contributed by atoms with Gasteiger partial charge in [-0.15, -0.1) is 0 Å². The SMILES string of the molecule is CCSCCC(C)Nc1nc2ccc(N)cc2c(=O)[nH]1. The average Bonchev–Trinajstić information content (AvgIpc) is 2.40. The highest BCUT2D eigenvalue weighted by molar-refractivity contribution is 7.99. The van der Waals surface area contributed by atoms with Crippen molar-refractivity contribution in [1.82, 2.24) is 9.97 Å². The highest BCUT2D eigenvalue weighted by Gasteiger charge is 2.07. The van der Waals surface area contributed by atoms with Crippen molar-refractivity contribution in [2.45, 2.75) is 26.3 Å². The molecule has 0 radical (unpaired) electrons. The lowest BCUT2D eigenvalue weighted by atomic mass is 10.2. The number of benzene rings is 1. The maximum absolute atomic E-state index is 12.0. The number of H-pyrrole nitrogens is 1. The lowest BCUT2D eigenvalue weighted by Crippen LogP contribution is -2.21. The number of nitrogens with two attached hydrogens (primary N) is 1. The zero-order chi connectivity index (χ0) is 14.5. The molecule has 4 N–H and O–H groups in total. The van der Waals surface area contributed by atoms with E-state index < -0.39 is 0 Å². The van der Waals surface area contributed by atoms with Crippen LogP contribution in [0.2, 0.25) is 0 Å². The zero-order valence-corrected chi connectivity index (χ0v) is 12.6. The molecule has 6 heteroatoms. The van der Waals surface area contributed by atoms with E-state index >= 15 is 0 Å². The van der Waals surface area contributed by atoms with Crippen molar-refractivity contribution < 1.29 is 0 Å². The van der Waals surface area contributed by atoms with Crippen molar-refractivity contribution in [1.29, 1.82) is 0 Å². The molecule has 0 aliphatic heterocycles. The van der Waals surface area contributed by atoms with Crippen LogP contribution in [0.5, 0.6) is 0 Å². The Morgan fingerprint density at radius 1 is 1.50 bits per heavy atom. The summed E-state index contributed by atoms with van der Waals surface area (Å²) in [6.07, 6.45) is 1.03. The van der Waals surface area contributed by atoms with Crippen molar-refractivity contribution >= 4 is 34.3 Å². The maximum atomic E-state index is 12.0. The highest BCUT2D eigenvalue weighted by Crippen LogP contribution is 2.14. The van der Waals surface area contributed by atoms with E-state index in [1.54, 1.807) is 18.2 Å². The van der Waals surface area contributed by atoms with Crippen molar-refractivity contribution in [3.05, 3.63) is 28.6 Å². The van der Waals surface area contributed by atoms with Gasteiger partial charge in [-0.1, -0.05) is 6.92 Å². The summed E-state index contributed by atoms with van der Waals surface area (Å²) in [5.41, 5.74) is 6.73. The van der Waals surface area contributed by atoms with E-state index in [4.69, 9.17) is 5.73 Å². The Hall–Kier alpha value is -1.69. The molecular weight excluding hydrogens is 272 g/mol. The molecule has 1 aromatic heterocycles. The molecule has 0 saturated carbocycles. The average molecular weight is 292 g/mol. The second-order valence-electron chi connectivity index (χ2n) is 4.72. The third-order valence-electron chi connectivity index (χ3n) is 3.01. The van der Waals surface area contributed by atoms with Crippen LogP contribution in [-0.2, 0) is 0 Å². The second kappa shape index (κ2) is 6.65. The van der Waals surface area contributed by atoms with Crippen molar-refractivity contribution in [2.75, 3.05) is 22.6 Å². The molecule has 0 bridgehead atoms. The largest absolute Gasteiger partial charge is 0.399 e. The van der Waals surface area contributed by atoms with Gasteiger partial charge < -0.3 is 11.1 Å². The van der Waals surface area contributed by atoms with E-state index in [-0.39, 0.29) is 11.6 Å². The van der Waals surface area contributed by atoms with E-state index in [0.717, 1.165) is 17.9 Å². The van der Waals surface area contributed by atoms with Crippen LogP contribution in [0.25, 0.3) is 10.9 Å². The van der Waals surface area contributed by atoms with Gasteiger partial charge in [0.05, 0.1) is 10.9 Å². The van der Waals surface area contributed by atoms with Crippen molar-refractivity contribution in [3.63, 3.8) is 0 Å². The molecule has 2 rings (SSSR count). The lowest BCUT2D eigenvalue weighted by molar-refractivity contribution is 0.760. The Labute approximate surface area is 122 Å². The molecule has 1 heterocycles. The summed E-state index contributed by atoms with van der Waals surface area (Å²) in [4.78, 5) is 19.2. The molecule has 1 unspecified atom stereocenters. The fourth-order valence-corrected chi connectivity index (χ4v) is 2.74. The van der Waals surface area contributed by atoms with Crippen molar-refractivity contribution in [3.8, 4) is 0 Å². The number of nitrogens with one attached hydrogen (secondary N) is 2. The second-order valence-corrected chi connectivity index (χ2v) is 6.12. The third-order valence-corrected chi connectivity index (χ3v) is 3.94. The molecule has 108 valence electrons. The predicted octanol–water partition coefficient (Wildman–Crippen LogP) is 2.45. The molecule has 20 heavy (non-hydrogen) atoms. The molecule has 0 aliphatic carbocycles. The van der Waals surface area contributed by atoms with E-state index in [9.17, 15) is 4.79 Å². The Balaban J connectivity index is 2.15. The molecule has 0 fully saturated rings. The topological polar surface area (TPSA) is 83.8 Å². The minimum atomic E-state index is -0.167. The van der Waals surface area contributed by atoms with Gasteiger partial charge >= 0.3 is 0 Å². The number of nitrogens with zero attached hydrogens (tertiary/aromatic N) is 1. The Morgan fingerprint density at radius 3 is 3.05 bits per heavy atom. The van der Waals surface area contributed by atoms with Gasteiger partial charge in [-0.3, -0.25) is 9.78 Å². The van der Waals surface area contributed by atoms with Gasteiger partial charge in [0.15, 0.2) is 0 Å². The first-order valence-electron chi connectivity index (χ1n) is 6.74. The van der Waals surface area contributed by atoms with E-state index in [0.29, 0.717) is 22.5 Å². The summed E-state index contributed by atoms with van der Waals surface area (Å²) in [5.74, 6) is 2.74. The summed E-state index contributed by atoms with van der Waals surface area (Å²) in [6, 6.07) is 5.43. The monoisotopic (exact) mass is 292 g/mol. The maximum Gasteiger partial charge on any atom is 0.260 e. The van der Waals surface area contributed by atoms with Crippen LogP contribution in [0, 0.1) is 0 Å². The Bertz CT molecular complexity index is 641. The number of fused-ring (bicyclic) bond motifs is 1. The van der Waals surface area contributed by atoms with Gasteiger partial charge in [-0.25, -0.2) is 4.98 Å².